The van der Waals surface area contributed by atoms with Crippen molar-refractivity contribution in [3.63, 3.8) is 0 Å². The van der Waals surface area contributed by atoms with E-state index in [9.17, 15) is 13.2 Å². The van der Waals surface area contributed by atoms with Crippen LogP contribution in [0.2, 0.25) is 0 Å². The molecule has 2 rings (SSSR count). The Hall–Kier alpha value is -1.86. The molecule has 0 aliphatic carbocycles. The molecule has 0 spiro atoms. The molecule has 0 aliphatic rings. The smallest absolute Gasteiger partial charge is 0.239 e. The number of nitrogens with two attached hydrogens (primary N) is 1. The van der Waals surface area contributed by atoms with Gasteiger partial charge in [0.1, 0.15) is 5.75 Å². The predicted molar refractivity (Wildman–Crippen MR) is 85.7 cm³/mol. The average Bonchev–Trinajstić information content (AvgIpc) is 2.41. The number of hydrogen-bond acceptors (Lipinski definition) is 4. The van der Waals surface area contributed by atoms with Crippen molar-refractivity contribution in [2.45, 2.75) is 4.90 Å². The second kappa shape index (κ2) is 6.28. The van der Waals surface area contributed by atoms with Gasteiger partial charge in [0.25, 0.3) is 0 Å². The highest BCUT2D eigenvalue weighted by molar-refractivity contribution is 9.10. The summed E-state index contributed by atoms with van der Waals surface area (Å²) in [5.41, 5.74) is 6.51. The number of sulfone groups is 1. The average molecular weight is 369 g/mol. The lowest BCUT2D eigenvalue weighted by Gasteiger charge is -2.07. The van der Waals surface area contributed by atoms with E-state index in [2.05, 4.69) is 21.2 Å². The lowest BCUT2D eigenvalue weighted by molar-refractivity contribution is -0.113. The quantitative estimate of drug-likeness (QED) is 0.811. The van der Waals surface area contributed by atoms with Gasteiger partial charge in [0, 0.05) is 15.8 Å². The summed E-state index contributed by atoms with van der Waals surface area (Å²) in [6, 6.07) is 12.6. The van der Waals surface area contributed by atoms with Crippen molar-refractivity contribution in [3.8, 4) is 0 Å². The molecule has 110 valence electrons. The molecule has 1 amide bonds. The van der Waals surface area contributed by atoms with E-state index in [0.29, 0.717) is 11.4 Å². The molecule has 0 aromatic heterocycles. The predicted octanol–water partition coefficient (Wildman–Crippen LogP) is 2.44. The molecule has 0 saturated heterocycles. The molecular weight excluding hydrogens is 356 g/mol. The van der Waals surface area contributed by atoms with Gasteiger partial charge in [-0.15, -0.1) is 0 Å². The van der Waals surface area contributed by atoms with E-state index in [0.717, 1.165) is 4.47 Å². The zero-order chi connectivity index (χ0) is 15.5. The normalized spacial score (nSPS) is 11.1. The third-order valence-corrected chi connectivity index (χ3v) is 4.85. The number of rotatable bonds is 4. The maximum atomic E-state index is 12.1. The highest BCUT2D eigenvalue weighted by Gasteiger charge is 2.19. The number of nitrogens with one attached hydrogen (secondary N) is 1. The van der Waals surface area contributed by atoms with E-state index in [-0.39, 0.29) is 4.90 Å². The van der Waals surface area contributed by atoms with Gasteiger partial charge in [-0.3, -0.25) is 4.79 Å². The Morgan fingerprint density at radius 1 is 1.05 bits per heavy atom. The minimum Gasteiger partial charge on any atom is -0.399 e. The number of carbonyl (C=O) groups is 1. The van der Waals surface area contributed by atoms with Gasteiger partial charge in [-0.05, 0) is 48.5 Å². The van der Waals surface area contributed by atoms with Gasteiger partial charge in [0.2, 0.25) is 5.91 Å². The van der Waals surface area contributed by atoms with Crippen LogP contribution in [0, 0.1) is 0 Å². The van der Waals surface area contributed by atoms with E-state index in [1.165, 1.54) is 24.3 Å². The summed E-state index contributed by atoms with van der Waals surface area (Å²) >= 11 is 3.28. The van der Waals surface area contributed by atoms with Crippen LogP contribution in [0.1, 0.15) is 0 Å². The Kier molecular flexibility index (Phi) is 4.64. The Labute approximate surface area is 131 Å². The molecule has 5 nitrogen and oxygen atoms in total. The number of amides is 1. The molecule has 0 radical (unpaired) electrons. The third-order valence-electron chi connectivity index (χ3n) is 2.69. The van der Waals surface area contributed by atoms with Crippen molar-refractivity contribution in [1.82, 2.24) is 0 Å². The van der Waals surface area contributed by atoms with Crippen molar-refractivity contribution in [3.05, 3.63) is 53.0 Å². The second-order valence-corrected chi connectivity index (χ2v) is 7.29. The Morgan fingerprint density at radius 2 is 1.62 bits per heavy atom. The monoisotopic (exact) mass is 368 g/mol. The number of halogens is 1. The fraction of sp³-hybridized carbons (Fsp3) is 0.0714. The maximum Gasteiger partial charge on any atom is 0.239 e. The minimum absolute atomic E-state index is 0.0719. The first-order valence-electron chi connectivity index (χ1n) is 6.00. The van der Waals surface area contributed by atoms with Crippen molar-refractivity contribution >= 4 is 43.0 Å². The minimum atomic E-state index is -3.68. The Bertz CT molecular complexity index is 741. The fourth-order valence-electron chi connectivity index (χ4n) is 1.66. The van der Waals surface area contributed by atoms with Crippen LogP contribution in [-0.2, 0) is 14.6 Å². The summed E-state index contributed by atoms with van der Waals surface area (Å²) in [5.74, 6) is -1.21. The number of anilines is 2. The Balaban J connectivity index is 2.07. The van der Waals surface area contributed by atoms with Crippen LogP contribution in [0.15, 0.2) is 57.9 Å². The second-order valence-electron chi connectivity index (χ2n) is 4.38. The molecule has 3 N–H and O–H groups in total. The summed E-state index contributed by atoms with van der Waals surface area (Å²) in [6.45, 7) is 0. The lowest BCUT2D eigenvalue weighted by Crippen LogP contribution is -2.23. The number of carbonyl (C=O) groups excluding carboxylic acids is 1. The van der Waals surface area contributed by atoms with E-state index in [4.69, 9.17) is 5.73 Å². The Morgan fingerprint density at radius 3 is 2.19 bits per heavy atom. The van der Waals surface area contributed by atoms with Gasteiger partial charge < -0.3 is 11.1 Å². The van der Waals surface area contributed by atoms with Gasteiger partial charge in [-0.25, -0.2) is 8.42 Å². The summed E-state index contributed by atoms with van der Waals surface area (Å²) < 4.78 is 25.0. The van der Waals surface area contributed by atoms with Gasteiger partial charge in [0.15, 0.2) is 9.84 Å². The highest BCUT2D eigenvalue weighted by Crippen LogP contribution is 2.16. The van der Waals surface area contributed by atoms with Crippen molar-refractivity contribution in [2.75, 3.05) is 16.8 Å². The topological polar surface area (TPSA) is 89.3 Å². The van der Waals surface area contributed by atoms with Gasteiger partial charge in [-0.2, -0.15) is 0 Å². The van der Waals surface area contributed by atoms with Crippen LogP contribution in [0.3, 0.4) is 0 Å². The highest BCUT2D eigenvalue weighted by atomic mass is 79.9. The zero-order valence-corrected chi connectivity index (χ0v) is 13.3. The van der Waals surface area contributed by atoms with E-state index in [1.54, 1.807) is 24.3 Å². The van der Waals surface area contributed by atoms with Gasteiger partial charge in [0.05, 0.1) is 4.90 Å². The fourth-order valence-corrected chi connectivity index (χ4v) is 3.06. The lowest BCUT2D eigenvalue weighted by atomic mass is 10.3. The molecule has 21 heavy (non-hydrogen) atoms. The van der Waals surface area contributed by atoms with Crippen LogP contribution >= 0.6 is 15.9 Å². The molecule has 0 fully saturated rings. The number of hydrogen-bond donors (Lipinski definition) is 2. The van der Waals surface area contributed by atoms with Crippen molar-refractivity contribution in [1.29, 1.82) is 0 Å². The van der Waals surface area contributed by atoms with Crippen molar-refractivity contribution in [2.24, 2.45) is 0 Å². The first-order valence-corrected chi connectivity index (χ1v) is 8.45. The summed E-state index contributed by atoms with van der Waals surface area (Å²) in [5, 5.41) is 2.54. The molecule has 0 unspecified atom stereocenters. The van der Waals surface area contributed by atoms with E-state index in [1.807, 2.05) is 0 Å². The van der Waals surface area contributed by atoms with E-state index < -0.39 is 21.5 Å². The summed E-state index contributed by atoms with van der Waals surface area (Å²) in [6.07, 6.45) is 0. The molecule has 0 atom stereocenters. The molecule has 2 aromatic rings. The van der Waals surface area contributed by atoms with Crippen LogP contribution in [0.5, 0.6) is 0 Å². The van der Waals surface area contributed by atoms with Crippen molar-refractivity contribution < 1.29 is 13.2 Å². The molecule has 7 heteroatoms. The van der Waals surface area contributed by atoms with Crippen LogP contribution < -0.4 is 11.1 Å². The number of nitrogen functional groups attached to an aromatic ring is 1. The first kappa shape index (κ1) is 15.5. The maximum absolute atomic E-state index is 12.1. The van der Waals surface area contributed by atoms with Crippen LogP contribution in [-0.4, -0.2) is 20.1 Å². The third kappa shape index (κ3) is 4.30. The number of benzene rings is 2. The van der Waals surface area contributed by atoms with Gasteiger partial charge in [-0.1, -0.05) is 15.9 Å². The zero-order valence-electron chi connectivity index (χ0n) is 10.9. The summed E-state index contributed by atoms with van der Waals surface area (Å²) in [7, 11) is -3.68. The molecule has 0 saturated carbocycles. The standard InChI is InChI=1S/C14H13BrN2O3S/c15-10-1-5-12(6-2-10)17-14(18)9-21(19,20)13-7-3-11(16)4-8-13/h1-8H,9,16H2,(H,17,18). The SMILES string of the molecule is Nc1ccc(S(=O)(=O)CC(=O)Nc2ccc(Br)cc2)cc1. The summed E-state index contributed by atoms with van der Waals surface area (Å²) in [4.78, 5) is 11.9. The first-order chi connectivity index (χ1) is 9.87. The molecule has 0 aliphatic heterocycles. The van der Waals surface area contributed by atoms with E-state index >= 15 is 0 Å². The molecule has 0 heterocycles. The molecule has 0 bridgehead atoms. The largest absolute Gasteiger partial charge is 0.399 e. The van der Waals surface area contributed by atoms with Crippen LogP contribution in [0.25, 0.3) is 0 Å². The molecule has 2 aromatic carbocycles. The van der Waals surface area contributed by atoms with Crippen LogP contribution in [0.4, 0.5) is 11.4 Å². The van der Waals surface area contributed by atoms with Gasteiger partial charge >= 0.3 is 0 Å². The molecular formula is C14H13BrN2O3S.